The van der Waals surface area contributed by atoms with Gasteiger partial charge in [0.05, 0.1) is 5.60 Å². The van der Waals surface area contributed by atoms with Crippen molar-refractivity contribution >= 4 is 11.6 Å². The van der Waals surface area contributed by atoms with E-state index in [1.807, 2.05) is 18.9 Å². The van der Waals surface area contributed by atoms with Crippen molar-refractivity contribution in [1.82, 2.24) is 9.97 Å². The molecule has 1 fully saturated rings. The van der Waals surface area contributed by atoms with Crippen LogP contribution in [0.1, 0.15) is 38.4 Å². The van der Waals surface area contributed by atoms with E-state index in [4.69, 9.17) is 5.84 Å². The van der Waals surface area contributed by atoms with Crippen LogP contribution >= 0.6 is 0 Å². The van der Waals surface area contributed by atoms with E-state index in [9.17, 15) is 5.11 Å². The number of hydrogen-bond acceptors (Lipinski definition) is 6. The summed E-state index contributed by atoms with van der Waals surface area (Å²) in [5.74, 6) is 7.57. The summed E-state index contributed by atoms with van der Waals surface area (Å²) >= 11 is 0. The summed E-state index contributed by atoms with van der Waals surface area (Å²) in [5, 5.41) is 10.5. The quantitative estimate of drug-likeness (QED) is 0.545. The van der Waals surface area contributed by atoms with Crippen LogP contribution in [-0.4, -0.2) is 34.3 Å². The SMILES string of the molecule is CCc1nc(NN)cc(N(C)CC2(O)CCCC2)n1. The molecule has 1 aromatic rings. The molecule has 0 saturated heterocycles. The van der Waals surface area contributed by atoms with Crippen LogP contribution in [0, 0.1) is 0 Å². The van der Waals surface area contributed by atoms with Gasteiger partial charge in [-0.3, -0.25) is 0 Å². The van der Waals surface area contributed by atoms with Crippen LogP contribution in [-0.2, 0) is 6.42 Å². The van der Waals surface area contributed by atoms with Crippen molar-refractivity contribution in [1.29, 1.82) is 0 Å². The van der Waals surface area contributed by atoms with Crippen LogP contribution in [0.2, 0.25) is 0 Å². The average Bonchev–Trinajstić information content (AvgIpc) is 2.84. The molecule has 1 heterocycles. The number of nitrogens with one attached hydrogen (secondary N) is 1. The maximum absolute atomic E-state index is 10.5. The first kappa shape index (κ1) is 14.0. The van der Waals surface area contributed by atoms with Crippen LogP contribution in [0.25, 0.3) is 0 Å². The summed E-state index contributed by atoms with van der Waals surface area (Å²) in [6, 6.07) is 1.80. The van der Waals surface area contributed by atoms with Crippen molar-refractivity contribution in [2.24, 2.45) is 5.84 Å². The Labute approximate surface area is 114 Å². The van der Waals surface area contributed by atoms with Gasteiger partial charge in [0, 0.05) is 26.1 Å². The van der Waals surface area contributed by atoms with Crippen molar-refractivity contribution < 1.29 is 5.11 Å². The summed E-state index contributed by atoms with van der Waals surface area (Å²) in [6.45, 7) is 2.60. The second kappa shape index (κ2) is 5.71. The molecule has 0 bridgehead atoms. The minimum atomic E-state index is -0.581. The third-order valence-corrected chi connectivity index (χ3v) is 3.68. The molecule has 1 aliphatic carbocycles. The molecule has 0 aliphatic heterocycles. The lowest BCUT2D eigenvalue weighted by molar-refractivity contribution is 0.0558. The molecule has 6 nitrogen and oxygen atoms in total. The number of hydrogen-bond donors (Lipinski definition) is 3. The van der Waals surface area contributed by atoms with Crippen molar-refractivity contribution in [2.45, 2.75) is 44.6 Å². The largest absolute Gasteiger partial charge is 0.388 e. The number of nitrogens with zero attached hydrogens (tertiary/aromatic N) is 3. The van der Waals surface area contributed by atoms with Crippen LogP contribution < -0.4 is 16.2 Å². The maximum atomic E-state index is 10.5. The molecule has 2 rings (SSSR count). The van der Waals surface area contributed by atoms with Crippen LogP contribution in [0.4, 0.5) is 11.6 Å². The van der Waals surface area contributed by atoms with E-state index < -0.39 is 5.60 Å². The Morgan fingerprint density at radius 3 is 2.68 bits per heavy atom. The van der Waals surface area contributed by atoms with Crippen LogP contribution in [0.5, 0.6) is 0 Å². The first-order valence-corrected chi connectivity index (χ1v) is 6.84. The molecule has 0 radical (unpaired) electrons. The Morgan fingerprint density at radius 1 is 1.42 bits per heavy atom. The van der Waals surface area contributed by atoms with Gasteiger partial charge in [0.1, 0.15) is 17.5 Å². The highest BCUT2D eigenvalue weighted by molar-refractivity contribution is 5.48. The lowest BCUT2D eigenvalue weighted by Gasteiger charge is -2.29. The van der Waals surface area contributed by atoms with Crippen LogP contribution in [0.3, 0.4) is 0 Å². The molecule has 0 amide bonds. The highest BCUT2D eigenvalue weighted by Crippen LogP contribution is 2.31. The lowest BCUT2D eigenvalue weighted by Crippen LogP contribution is -2.39. The Balaban J connectivity index is 2.15. The number of hydrazine groups is 1. The lowest BCUT2D eigenvalue weighted by atomic mass is 10.0. The first-order chi connectivity index (χ1) is 9.06. The maximum Gasteiger partial charge on any atom is 0.145 e. The molecule has 4 N–H and O–H groups in total. The zero-order valence-corrected chi connectivity index (χ0v) is 11.7. The monoisotopic (exact) mass is 265 g/mol. The second-order valence-corrected chi connectivity index (χ2v) is 5.31. The topological polar surface area (TPSA) is 87.3 Å². The zero-order valence-electron chi connectivity index (χ0n) is 11.7. The number of rotatable bonds is 5. The van der Waals surface area contributed by atoms with Gasteiger partial charge in [-0.1, -0.05) is 19.8 Å². The summed E-state index contributed by atoms with van der Waals surface area (Å²) < 4.78 is 0. The van der Waals surface area contributed by atoms with Crippen molar-refractivity contribution in [3.63, 3.8) is 0 Å². The number of aromatic nitrogens is 2. The molecule has 0 unspecified atom stereocenters. The van der Waals surface area contributed by atoms with E-state index in [1.165, 1.54) is 0 Å². The standard InChI is InChI=1S/C13H23N5O/c1-3-10-15-11(17-14)8-12(16-10)18(2)9-13(19)6-4-5-7-13/h8,19H,3-7,9,14H2,1-2H3,(H,15,16,17). The molecule has 1 aromatic heterocycles. The summed E-state index contributed by atoms with van der Waals surface area (Å²) in [4.78, 5) is 10.7. The Hall–Kier alpha value is -1.40. The van der Waals surface area contributed by atoms with Gasteiger partial charge >= 0.3 is 0 Å². The number of aliphatic hydroxyl groups is 1. The smallest absolute Gasteiger partial charge is 0.145 e. The fourth-order valence-corrected chi connectivity index (χ4v) is 2.62. The Kier molecular flexibility index (Phi) is 4.21. The minimum Gasteiger partial charge on any atom is -0.388 e. The molecule has 0 atom stereocenters. The Morgan fingerprint density at radius 2 is 2.11 bits per heavy atom. The van der Waals surface area contributed by atoms with Gasteiger partial charge in [0.2, 0.25) is 0 Å². The van der Waals surface area contributed by atoms with E-state index in [-0.39, 0.29) is 0 Å². The second-order valence-electron chi connectivity index (χ2n) is 5.31. The van der Waals surface area contributed by atoms with Crippen molar-refractivity contribution in [3.8, 4) is 0 Å². The molecule has 0 spiro atoms. The molecular formula is C13H23N5O. The van der Waals surface area contributed by atoms with E-state index >= 15 is 0 Å². The van der Waals surface area contributed by atoms with E-state index in [2.05, 4.69) is 15.4 Å². The highest BCUT2D eigenvalue weighted by Gasteiger charge is 2.32. The third-order valence-electron chi connectivity index (χ3n) is 3.68. The van der Waals surface area contributed by atoms with Gasteiger partial charge in [0.25, 0.3) is 0 Å². The number of anilines is 2. The average molecular weight is 265 g/mol. The highest BCUT2D eigenvalue weighted by atomic mass is 16.3. The van der Waals surface area contributed by atoms with Crippen molar-refractivity contribution in [3.05, 3.63) is 11.9 Å². The summed E-state index contributed by atoms with van der Waals surface area (Å²) in [7, 11) is 1.94. The van der Waals surface area contributed by atoms with Gasteiger partial charge in [-0.25, -0.2) is 15.8 Å². The molecule has 6 heteroatoms. The number of aryl methyl sites for hydroxylation is 1. The fraction of sp³-hybridized carbons (Fsp3) is 0.692. The zero-order chi connectivity index (χ0) is 13.9. The normalized spacial score (nSPS) is 17.5. The molecule has 0 aromatic carbocycles. The molecule has 1 aliphatic rings. The summed E-state index contributed by atoms with van der Waals surface area (Å²) in [5.41, 5.74) is 1.98. The predicted molar refractivity (Wildman–Crippen MR) is 75.9 cm³/mol. The molecule has 1 saturated carbocycles. The van der Waals surface area contributed by atoms with E-state index in [0.29, 0.717) is 12.4 Å². The molecular weight excluding hydrogens is 242 g/mol. The first-order valence-electron chi connectivity index (χ1n) is 6.84. The number of nitrogen functional groups attached to an aromatic ring is 1. The third kappa shape index (κ3) is 3.33. The van der Waals surface area contributed by atoms with Gasteiger partial charge in [-0.2, -0.15) is 0 Å². The van der Waals surface area contributed by atoms with Crippen molar-refractivity contribution in [2.75, 3.05) is 23.9 Å². The number of likely N-dealkylation sites (N-methyl/N-ethyl adjacent to an activating group) is 1. The fourth-order valence-electron chi connectivity index (χ4n) is 2.62. The van der Waals surface area contributed by atoms with Gasteiger partial charge in [-0.15, -0.1) is 0 Å². The minimum absolute atomic E-state index is 0.581. The van der Waals surface area contributed by atoms with Gasteiger partial charge < -0.3 is 15.4 Å². The van der Waals surface area contributed by atoms with Crippen LogP contribution in [0.15, 0.2) is 6.07 Å². The Bertz CT molecular complexity index is 409. The van der Waals surface area contributed by atoms with E-state index in [1.54, 1.807) is 6.07 Å². The molecule has 19 heavy (non-hydrogen) atoms. The van der Waals surface area contributed by atoms with E-state index in [0.717, 1.165) is 43.7 Å². The predicted octanol–water partition coefficient (Wildman–Crippen LogP) is 1.07. The molecule has 106 valence electrons. The van der Waals surface area contributed by atoms with Gasteiger partial charge in [-0.05, 0) is 12.8 Å². The van der Waals surface area contributed by atoms with Gasteiger partial charge in [0.15, 0.2) is 0 Å². The summed E-state index contributed by atoms with van der Waals surface area (Å²) in [6.07, 6.45) is 4.69. The number of nitrogens with two attached hydrogens (primary N) is 1.